The third kappa shape index (κ3) is 5.24. The van der Waals surface area contributed by atoms with Crippen molar-refractivity contribution in [1.29, 1.82) is 0 Å². The predicted octanol–water partition coefficient (Wildman–Crippen LogP) is 2.35. The molecule has 0 heterocycles. The highest BCUT2D eigenvalue weighted by atomic mass is 16.2. The van der Waals surface area contributed by atoms with Crippen molar-refractivity contribution >= 4 is 23.2 Å². The smallest absolute Gasteiger partial charge is 0.262 e. The summed E-state index contributed by atoms with van der Waals surface area (Å²) in [7, 11) is 0. The molecule has 6 heteroatoms. The fraction of sp³-hybridized carbons (Fsp3) is 0.750. The van der Waals surface area contributed by atoms with Crippen molar-refractivity contribution in [3.63, 3.8) is 0 Å². The summed E-state index contributed by atoms with van der Waals surface area (Å²) in [6, 6.07) is 0. The van der Waals surface area contributed by atoms with Gasteiger partial charge in [0.1, 0.15) is 0 Å². The maximum Gasteiger partial charge on any atom is 0.331 e. The molecule has 2 aliphatic rings. The Morgan fingerprint density at radius 3 is 1.64 bits per heavy atom. The molecule has 2 atom stereocenters. The Balaban J connectivity index is 1.78. The second kappa shape index (κ2) is 8.06. The molecule has 0 aromatic rings. The molecule has 2 amide bonds. The van der Waals surface area contributed by atoms with Crippen LogP contribution in [0.2, 0.25) is 0 Å². The first-order valence-corrected chi connectivity index (χ1v) is 8.25. The molecule has 0 bridgehead atoms. The first-order valence-electron chi connectivity index (χ1n) is 8.25. The van der Waals surface area contributed by atoms with Gasteiger partial charge in [-0.15, -0.1) is 0 Å². The molecule has 0 aliphatic heterocycles. The minimum absolute atomic E-state index is 0.595. The van der Waals surface area contributed by atoms with Crippen LogP contribution >= 0.6 is 0 Å². The van der Waals surface area contributed by atoms with Crippen LogP contribution < -0.4 is 10.9 Å². The van der Waals surface area contributed by atoms with Crippen molar-refractivity contribution in [2.75, 3.05) is 0 Å². The van der Waals surface area contributed by atoms with Gasteiger partial charge in [-0.3, -0.25) is 9.59 Å². The van der Waals surface area contributed by atoms with E-state index in [1.54, 1.807) is 0 Å². The Bertz CT molecular complexity index is 441. The number of nitrogens with zero attached hydrogens (tertiary/aromatic N) is 2. The van der Waals surface area contributed by atoms with Gasteiger partial charge in [0.25, 0.3) is 0 Å². The number of nitrogens with one attached hydrogen (secondary N) is 2. The van der Waals surface area contributed by atoms with E-state index in [1.165, 1.54) is 12.8 Å². The molecule has 6 nitrogen and oxygen atoms in total. The Morgan fingerprint density at radius 2 is 1.27 bits per heavy atom. The van der Waals surface area contributed by atoms with E-state index >= 15 is 0 Å². The van der Waals surface area contributed by atoms with Crippen LogP contribution in [0.25, 0.3) is 0 Å². The predicted molar refractivity (Wildman–Crippen MR) is 86.4 cm³/mol. The highest BCUT2D eigenvalue weighted by Crippen LogP contribution is 2.21. The van der Waals surface area contributed by atoms with Gasteiger partial charge in [0.05, 0.1) is 0 Å². The molecule has 2 rings (SSSR count). The van der Waals surface area contributed by atoms with Crippen LogP contribution in [0.1, 0.15) is 65.2 Å². The third-order valence-corrected chi connectivity index (χ3v) is 4.33. The van der Waals surface area contributed by atoms with Crippen LogP contribution in [0.15, 0.2) is 10.2 Å². The largest absolute Gasteiger partial charge is 0.331 e. The number of rotatable bonds is 2. The summed E-state index contributed by atoms with van der Waals surface area (Å²) in [5.74, 6) is -0.311. The van der Waals surface area contributed by atoms with Crippen LogP contribution in [-0.4, -0.2) is 23.2 Å². The van der Waals surface area contributed by atoms with Crippen molar-refractivity contribution in [3.05, 3.63) is 0 Å². The summed E-state index contributed by atoms with van der Waals surface area (Å²) < 4.78 is 0. The first-order chi connectivity index (χ1) is 10.5. The second-order valence-corrected chi connectivity index (χ2v) is 6.64. The van der Waals surface area contributed by atoms with E-state index in [0.29, 0.717) is 11.8 Å². The maximum absolute atomic E-state index is 11.7. The van der Waals surface area contributed by atoms with E-state index in [-0.39, 0.29) is 0 Å². The second-order valence-electron chi connectivity index (χ2n) is 6.64. The lowest BCUT2D eigenvalue weighted by Crippen LogP contribution is -2.36. The molecule has 0 radical (unpaired) electrons. The van der Waals surface area contributed by atoms with Gasteiger partial charge in [-0.2, -0.15) is 10.2 Å². The summed E-state index contributed by atoms with van der Waals surface area (Å²) in [6.45, 7) is 4.34. The molecule has 2 fully saturated rings. The standard InChI is InChI=1S/C16H26N4O2/c1-11-5-3-7-13(9-11)17-19-15(21)16(22)20-18-14-8-4-6-12(2)10-14/h11-12H,3-10H2,1-2H3,(H,19,21)(H,20,22)/b17-13-,18-14-/t11-,12-/m1/s1. The van der Waals surface area contributed by atoms with Crippen LogP contribution in [0.4, 0.5) is 0 Å². The third-order valence-electron chi connectivity index (χ3n) is 4.33. The first kappa shape index (κ1) is 16.6. The zero-order valence-corrected chi connectivity index (χ0v) is 13.5. The summed E-state index contributed by atoms with van der Waals surface area (Å²) in [5, 5.41) is 8.14. The van der Waals surface area contributed by atoms with E-state index in [2.05, 4.69) is 34.9 Å². The van der Waals surface area contributed by atoms with Gasteiger partial charge in [0, 0.05) is 11.4 Å². The van der Waals surface area contributed by atoms with E-state index in [1.807, 2.05) is 0 Å². The molecule has 122 valence electrons. The fourth-order valence-electron chi connectivity index (χ4n) is 3.09. The van der Waals surface area contributed by atoms with Gasteiger partial charge in [0.15, 0.2) is 0 Å². The molecule has 2 saturated carbocycles. The normalized spacial score (nSPS) is 29.4. The lowest BCUT2D eigenvalue weighted by molar-refractivity contribution is -0.139. The molecule has 0 unspecified atom stereocenters. The van der Waals surface area contributed by atoms with Crippen molar-refractivity contribution in [1.82, 2.24) is 10.9 Å². The molecule has 0 saturated heterocycles. The molecule has 2 N–H and O–H groups in total. The zero-order valence-electron chi connectivity index (χ0n) is 13.5. The average Bonchev–Trinajstić information content (AvgIpc) is 2.50. The van der Waals surface area contributed by atoms with Gasteiger partial charge in [-0.25, -0.2) is 10.9 Å². The average molecular weight is 306 g/mol. The lowest BCUT2D eigenvalue weighted by atomic mass is 9.89. The molecule has 2 aliphatic carbocycles. The van der Waals surface area contributed by atoms with E-state index in [4.69, 9.17) is 0 Å². The van der Waals surface area contributed by atoms with Crippen LogP contribution in [0.3, 0.4) is 0 Å². The quantitative estimate of drug-likeness (QED) is 0.606. The van der Waals surface area contributed by atoms with Gasteiger partial charge in [-0.1, -0.05) is 13.8 Å². The molecule has 22 heavy (non-hydrogen) atoms. The Hall–Kier alpha value is -1.72. The monoisotopic (exact) mass is 306 g/mol. The zero-order chi connectivity index (χ0) is 15.9. The van der Waals surface area contributed by atoms with Gasteiger partial charge < -0.3 is 0 Å². The molecular weight excluding hydrogens is 280 g/mol. The van der Waals surface area contributed by atoms with Gasteiger partial charge in [-0.05, 0) is 63.2 Å². The summed E-state index contributed by atoms with van der Waals surface area (Å²) in [5.41, 5.74) is 6.60. The van der Waals surface area contributed by atoms with Crippen molar-refractivity contribution in [2.24, 2.45) is 22.0 Å². The molecule has 0 spiro atoms. The number of carbonyl (C=O) groups is 2. The minimum atomic E-state index is -0.751. The van der Waals surface area contributed by atoms with Crippen molar-refractivity contribution < 1.29 is 9.59 Å². The van der Waals surface area contributed by atoms with Crippen LogP contribution in [0.5, 0.6) is 0 Å². The van der Waals surface area contributed by atoms with Crippen molar-refractivity contribution in [3.8, 4) is 0 Å². The van der Waals surface area contributed by atoms with Crippen LogP contribution in [0, 0.1) is 11.8 Å². The molecule has 0 aromatic carbocycles. The van der Waals surface area contributed by atoms with Gasteiger partial charge in [0.2, 0.25) is 0 Å². The molecular formula is C16H26N4O2. The number of hydrazone groups is 2. The summed E-state index contributed by atoms with van der Waals surface area (Å²) in [4.78, 5) is 23.4. The topological polar surface area (TPSA) is 82.9 Å². The Kier molecular flexibility index (Phi) is 6.10. The van der Waals surface area contributed by atoms with E-state index in [9.17, 15) is 9.59 Å². The van der Waals surface area contributed by atoms with Gasteiger partial charge >= 0.3 is 11.8 Å². The van der Waals surface area contributed by atoms with Crippen LogP contribution in [-0.2, 0) is 9.59 Å². The molecule has 0 aromatic heterocycles. The number of hydrogen-bond acceptors (Lipinski definition) is 4. The lowest BCUT2D eigenvalue weighted by Gasteiger charge is -2.19. The highest BCUT2D eigenvalue weighted by Gasteiger charge is 2.18. The Morgan fingerprint density at radius 1 is 0.864 bits per heavy atom. The summed E-state index contributed by atoms with van der Waals surface area (Å²) in [6.07, 6.45) is 8.15. The summed E-state index contributed by atoms with van der Waals surface area (Å²) >= 11 is 0. The minimum Gasteiger partial charge on any atom is -0.262 e. The number of hydrogen-bond donors (Lipinski definition) is 2. The van der Waals surface area contributed by atoms with Crippen molar-refractivity contribution in [2.45, 2.75) is 65.2 Å². The number of carbonyl (C=O) groups excluding carboxylic acids is 2. The van der Waals surface area contributed by atoms with E-state index < -0.39 is 11.8 Å². The highest BCUT2D eigenvalue weighted by molar-refractivity contribution is 6.35. The number of amides is 2. The SMILES string of the molecule is C[C@@H]1CCC/C(=N/NC(=O)C(=O)N/N=C2/CCC[C@@H](C)C2)C1. The maximum atomic E-state index is 11.7. The Labute approximate surface area is 131 Å². The van der Waals surface area contributed by atoms with E-state index in [0.717, 1.165) is 49.9 Å². The fourth-order valence-corrected chi connectivity index (χ4v) is 3.09.